The van der Waals surface area contributed by atoms with E-state index in [1.807, 2.05) is 30.3 Å². The van der Waals surface area contributed by atoms with Crippen LogP contribution in [0.2, 0.25) is 10.0 Å². The third-order valence-corrected chi connectivity index (χ3v) is 5.42. The molecule has 0 aromatic heterocycles. The van der Waals surface area contributed by atoms with Crippen LogP contribution < -0.4 is 10.1 Å². The summed E-state index contributed by atoms with van der Waals surface area (Å²) in [6.45, 7) is 0. The van der Waals surface area contributed by atoms with E-state index in [2.05, 4.69) is 23.5 Å². The molecule has 3 atom stereocenters. The molecule has 0 bridgehead atoms. The molecule has 1 aliphatic carbocycles. The number of anilines is 1. The molecule has 1 aliphatic heterocycles. The van der Waals surface area contributed by atoms with Gasteiger partial charge in [-0.2, -0.15) is 0 Å². The van der Waals surface area contributed by atoms with Crippen molar-refractivity contribution in [3.05, 3.63) is 69.7 Å². The van der Waals surface area contributed by atoms with E-state index in [1.54, 1.807) is 7.11 Å². The van der Waals surface area contributed by atoms with Gasteiger partial charge < -0.3 is 10.1 Å². The molecule has 1 N–H and O–H groups in total. The van der Waals surface area contributed by atoms with Crippen LogP contribution in [-0.4, -0.2) is 7.11 Å². The van der Waals surface area contributed by atoms with Crippen molar-refractivity contribution < 1.29 is 4.74 Å². The zero-order chi connectivity index (χ0) is 16.0. The van der Waals surface area contributed by atoms with Crippen molar-refractivity contribution in [3.63, 3.8) is 0 Å². The van der Waals surface area contributed by atoms with Crippen LogP contribution in [0.5, 0.6) is 5.75 Å². The van der Waals surface area contributed by atoms with Crippen molar-refractivity contribution in [1.29, 1.82) is 0 Å². The Labute approximate surface area is 146 Å². The summed E-state index contributed by atoms with van der Waals surface area (Å²) < 4.78 is 5.55. The molecule has 0 fully saturated rings. The zero-order valence-electron chi connectivity index (χ0n) is 12.7. The molecule has 118 valence electrons. The van der Waals surface area contributed by atoms with Crippen LogP contribution in [-0.2, 0) is 0 Å². The molecule has 1 heterocycles. The van der Waals surface area contributed by atoms with Crippen LogP contribution >= 0.6 is 23.2 Å². The number of nitrogens with one attached hydrogen (secondary N) is 1. The van der Waals surface area contributed by atoms with Crippen molar-refractivity contribution in [2.24, 2.45) is 5.92 Å². The third kappa shape index (κ3) is 2.41. The number of fused-ring (bicyclic) bond motifs is 3. The topological polar surface area (TPSA) is 21.3 Å². The Morgan fingerprint density at radius 1 is 1.17 bits per heavy atom. The van der Waals surface area contributed by atoms with Gasteiger partial charge in [0.2, 0.25) is 0 Å². The van der Waals surface area contributed by atoms with Crippen molar-refractivity contribution in [1.82, 2.24) is 0 Å². The summed E-state index contributed by atoms with van der Waals surface area (Å²) in [5.41, 5.74) is 3.34. The van der Waals surface area contributed by atoms with Gasteiger partial charge in [0, 0.05) is 21.5 Å². The normalized spacial score (nSPS) is 24.7. The van der Waals surface area contributed by atoms with Gasteiger partial charge in [-0.15, -0.1) is 0 Å². The molecule has 23 heavy (non-hydrogen) atoms. The molecule has 0 saturated heterocycles. The van der Waals surface area contributed by atoms with Crippen LogP contribution in [0.3, 0.4) is 0 Å². The van der Waals surface area contributed by atoms with Gasteiger partial charge in [-0.25, -0.2) is 0 Å². The molecule has 0 unspecified atom stereocenters. The maximum atomic E-state index is 6.51. The quantitative estimate of drug-likeness (QED) is 0.691. The molecule has 2 aromatic carbocycles. The first kappa shape index (κ1) is 14.9. The smallest absolute Gasteiger partial charge is 0.142 e. The van der Waals surface area contributed by atoms with Gasteiger partial charge in [0.05, 0.1) is 18.8 Å². The van der Waals surface area contributed by atoms with E-state index in [4.69, 9.17) is 27.9 Å². The number of hydrogen-bond donors (Lipinski definition) is 1. The summed E-state index contributed by atoms with van der Waals surface area (Å²) >= 11 is 12.7. The summed E-state index contributed by atoms with van der Waals surface area (Å²) in [6, 6.07) is 12.1. The minimum Gasteiger partial charge on any atom is -0.495 e. The molecular weight excluding hydrogens is 329 g/mol. The molecular formula is C19H17Cl2NO. The van der Waals surface area contributed by atoms with Crippen LogP contribution in [0.15, 0.2) is 48.6 Å². The lowest BCUT2D eigenvalue weighted by atomic mass is 9.77. The fourth-order valence-corrected chi connectivity index (χ4v) is 4.32. The average molecular weight is 346 g/mol. The summed E-state index contributed by atoms with van der Waals surface area (Å²) in [6.07, 6.45) is 5.55. The second-order valence-electron chi connectivity index (χ2n) is 6.07. The van der Waals surface area contributed by atoms with E-state index in [0.29, 0.717) is 11.8 Å². The Bertz CT molecular complexity index is 787. The Morgan fingerprint density at radius 2 is 2.04 bits per heavy atom. The lowest BCUT2D eigenvalue weighted by molar-refractivity contribution is 0.397. The Balaban J connectivity index is 1.86. The fraction of sp³-hybridized carbons (Fsp3) is 0.263. The van der Waals surface area contributed by atoms with E-state index in [-0.39, 0.29) is 6.04 Å². The molecule has 2 nitrogen and oxygen atoms in total. The monoisotopic (exact) mass is 345 g/mol. The zero-order valence-corrected chi connectivity index (χ0v) is 14.2. The highest BCUT2D eigenvalue weighted by Gasteiger charge is 2.40. The maximum absolute atomic E-state index is 6.51. The molecule has 4 heteroatoms. The average Bonchev–Trinajstić information content (AvgIpc) is 3.03. The first-order valence-corrected chi connectivity index (χ1v) is 8.49. The summed E-state index contributed by atoms with van der Waals surface area (Å²) in [5, 5.41) is 5.22. The van der Waals surface area contributed by atoms with Gasteiger partial charge in [0.1, 0.15) is 5.75 Å². The Kier molecular flexibility index (Phi) is 3.74. The molecule has 2 aromatic rings. The molecule has 0 saturated carbocycles. The van der Waals surface area contributed by atoms with E-state index >= 15 is 0 Å². The second-order valence-corrected chi connectivity index (χ2v) is 6.91. The molecule has 4 rings (SSSR count). The molecule has 0 amide bonds. The number of halogens is 2. The maximum Gasteiger partial charge on any atom is 0.142 e. The van der Waals surface area contributed by atoms with E-state index in [9.17, 15) is 0 Å². The number of benzene rings is 2. The van der Waals surface area contributed by atoms with Crippen LogP contribution in [0.25, 0.3) is 0 Å². The largest absolute Gasteiger partial charge is 0.495 e. The van der Waals surface area contributed by atoms with Gasteiger partial charge in [-0.3, -0.25) is 0 Å². The lowest BCUT2D eigenvalue weighted by Gasteiger charge is -2.38. The minimum atomic E-state index is 0.188. The SMILES string of the molecule is COc1ccc(Cl)c2c1N[C@H](c1cccc(Cl)c1)[C@H]1CC=C[C@H]21. The summed E-state index contributed by atoms with van der Waals surface area (Å²) in [4.78, 5) is 0. The van der Waals surface area contributed by atoms with Crippen LogP contribution in [0.4, 0.5) is 5.69 Å². The van der Waals surface area contributed by atoms with Crippen molar-refractivity contribution in [3.8, 4) is 5.75 Å². The van der Waals surface area contributed by atoms with Gasteiger partial charge in [-0.05, 0) is 42.2 Å². The van der Waals surface area contributed by atoms with E-state index in [0.717, 1.165) is 33.5 Å². The fourth-order valence-electron chi connectivity index (χ4n) is 3.84. The standard InChI is InChI=1S/C19H17Cl2NO/c1-23-16-9-8-15(21)17-13-6-3-7-14(13)18(22-19(16)17)11-4-2-5-12(20)10-11/h2-6,8-10,13-14,18,22H,7H2,1H3/t13-,14-,18+/m0/s1. The number of ether oxygens (including phenoxy) is 1. The first-order chi connectivity index (χ1) is 11.2. The number of methoxy groups -OCH3 is 1. The van der Waals surface area contributed by atoms with E-state index < -0.39 is 0 Å². The number of rotatable bonds is 2. The van der Waals surface area contributed by atoms with Crippen molar-refractivity contribution in [2.45, 2.75) is 18.4 Å². The van der Waals surface area contributed by atoms with Gasteiger partial charge in [-0.1, -0.05) is 47.5 Å². The molecule has 0 spiro atoms. The molecule has 2 aliphatic rings. The van der Waals surface area contributed by atoms with Crippen molar-refractivity contribution in [2.75, 3.05) is 12.4 Å². The predicted octanol–water partition coefficient (Wildman–Crippen LogP) is 5.83. The van der Waals surface area contributed by atoms with Gasteiger partial charge >= 0.3 is 0 Å². The minimum absolute atomic E-state index is 0.188. The highest BCUT2D eigenvalue weighted by atomic mass is 35.5. The van der Waals surface area contributed by atoms with Crippen LogP contribution in [0.1, 0.15) is 29.5 Å². The molecule has 0 radical (unpaired) electrons. The Morgan fingerprint density at radius 3 is 2.83 bits per heavy atom. The van der Waals surface area contributed by atoms with Gasteiger partial charge in [0.15, 0.2) is 0 Å². The highest BCUT2D eigenvalue weighted by Crippen LogP contribution is 2.54. The van der Waals surface area contributed by atoms with Gasteiger partial charge in [0.25, 0.3) is 0 Å². The van der Waals surface area contributed by atoms with Crippen molar-refractivity contribution >= 4 is 28.9 Å². The second kappa shape index (κ2) is 5.77. The number of hydrogen-bond acceptors (Lipinski definition) is 2. The third-order valence-electron chi connectivity index (χ3n) is 4.86. The van der Waals surface area contributed by atoms with E-state index in [1.165, 1.54) is 5.56 Å². The summed E-state index contributed by atoms with van der Waals surface area (Å²) in [5.74, 6) is 1.57. The first-order valence-electron chi connectivity index (χ1n) is 7.74. The highest BCUT2D eigenvalue weighted by molar-refractivity contribution is 6.32. The summed E-state index contributed by atoms with van der Waals surface area (Å²) in [7, 11) is 1.69. The van der Waals surface area contributed by atoms with Crippen LogP contribution in [0, 0.1) is 5.92 Å². The Hall–Kier alpha value is -1.64. The predicted molar refractivity (Wildman–Crippen MR) is 95.8 cm³/mol. The number of allylic oxidation sites excluding steroid dienone is 2. The lowest BCUT2D eigenvalue weighted by Crippen LogP contribution is -2.29.